The number of aromatic hydroxyl groups is 1. The maximum absolute atomic E-state index is 9.90. The van der Waals surface area contributed by atoms with E-state index in [1.165, 1.54) is 18.5 Å². The molecule has 5 nitrogen and oxygen atoms in total. The summed E-state index contributed by atoms with van der Waals surface area (Å²) >= 11 is 0. The molecule has 1 aliphatic heterocycles. The predicted molar refractivity (Wildman–Crippen MR) is 88.9 cm³/mol. The minimum absolute atomic E-state index is 0.264. The van der Waals surface area contributed by atoms with Crippen LogP contribution in [0.2, 0.25) is 0 Å². The molecule has 0 atom stereocenters. The quantitative estimate of drug-likeness (QED) is 0.884. The van der Waals surface area contributed by atoms with Crippen molar-refractivity contribution in [2.45, 2.75) is 13.0 Å². The van der Waals surface area contributed by atoms with Crippen molar-refractivity contribution in [3.05, 3.63) is 36.0 Å². The Hall–Kier alpha value is -1.69. The van der Waals surface area contributed by atoms with Crippen LogP contribution < -0.4 is 0 Å². The van der Waals surface area contributed by atoms with Crippen molar-refractivity contribution in [3.8, 4) is 5.75 Å². The van der Waals surface area contributed by atoms with E-state index in [0.29, 0.717) is 5.52 Å². The smallest absolute Gasteiger partial charge is 0.141 e. The molecule has 0 saturated carbocycles. The van der Waals surface area contributed by atoms with Crippen LogP contribution in [0.5, 0.6) is 5.75 Å². The first-order valence-electron chi connectivity index (χ1n) is 7.65. The molecule has 2 aromatic rings. The predicted octanol–water partition coefficient (Wildman–Crippen LogP) is 1.69. The zero-order valence-electron chi connectivity index (χ0n) is 13.4. The molecule has 1 aromatic carbocycles. The number of hydrogen-bond donors (Lipinski definition) is 2. The van der Waals surface area contributed by atoms with E-state index in [2.05, 4.69) is 21.8 Å². The Morgan fingerprint density at radius 3 is 2.73 bits per heavy atom. The number of phenolic OH excluding ortho intramolecular Hbond substituents is 1. The van der Waals surface area contributed by atoms with Crippen molar-refractivity contribution in [2.75, 3.05) is 40.3 Å². The summed E-state index contributed by atoms with van der Waals surface area (Å²) in [5.41, 5.74) is 1.95. The highest BCUT2D eigenvalue weighted by Crippen LogP contribution is 2.26. The van der Waals surface area contributed by atoms with Gasteiger partial charge in [0, 0.05) is 38.3 Å². The summed E-state index contributed by atoms with van der Waals surface area (Å²) in [6, 6.07) is 7.76. The number of aliphatic hydroxyl groups excluding tert-OH is 1. The highest BCUT2D eigenvalue weighted by molar-refractivity contribution is 5.87. The summed E-state index contributed by atoms with van der Waals surface area (Å²) in [5.74, 6) is 0.264. The molecule has 1 aromatic heterocycles. The Morgan fingerprint density at radius 1 is 1.09 bits per heavy atom. The van der Waals surface area contributed by atoms with E-state index in [-0.39, 0.29) is 5.75 Å². The first kappa shape index (κ1) is 16.7. The molecule has 0 radical (unpaired) electrons. The number of rotatable bonds is 2. The summed E-state index contributed by atoms with van der Waals surface area (Å²) in [5, 5.41) is 18.0. The normalized spacial score (nSPS) is 16.9. The molecule has 22 heavy (non-hydrogen) atoms. The molecule has 3 rings (SSSR count). The van der Waals surface area contributed by atoms with Gasteiger partial charge in [0.05, 0.1) is 0 Å². The summed E-state index contributed by atoms with van der Waals surface area (Å²) in [4.78, 5) is 9.16. The standard InChI is InChI=1S/C16H21N3O.CH4O/c1-18-8-3-9-19(11-10-18)12-13-5-6-15(20)16-14(13)4-2-7-17-16;1-2/h2,4-7,20H,3,8-12H2,1H3;2H,1H3. The Bertz CT molecular complexity index is 603. The van der Waals surface area contributed by atoms with Crippen LogP contribution in [0.3, 0.4) is 0 Å². The molecule has 0 bridgehead atoms. The number of nitrogens with zero attached hydrogens (tertiary/aromatic N) is 3. The minimum atomic E-state index is 0.264. The maximum atomic E-state index is 9.90. The van der Waals surface area contributed by atoms with Gasteiger partial charge in [-0.05, 0) is 44.3 Å². The van der Waals surface area contributed by atoms with Crippen LogP contribution >= 0.6 is 0 Å². The molecule has 2 N–H and O–H groups in total. The molecule has 0 aliphatic carbocycles. The number of aromatic nitrogens is 1. The van der Waals surface area contributed by atoms with Crippen molar-refractivity contribution >= 4 is 10.9 Å². The van der Waals surface area contributed by atoms with Crippen LogP contribution in [0.4, 0.5) is 0 Å². The molecular formula is C17H25N3O2. The van der Waals surface area contributed by atoms with Crippen LogP contribution in [-0.4, -0.2) is 65.3 Å². The van der Waals surface area contributed by atoms with Gasteiger partial charge in [-0.15, -0.1) is 0 Å². The van der Waals surface area contributed by atoms with Gasteiger partial charge in [-0.2, -0.15) is 0 Å². The fraction of sp³-hybridized carbons (Fsp3) is 0.471. The van der Waals surface area contributed by atoms with Gasteiger partial charge in [-0.25, -0.2) is 0 Å². The van der Waals surface area contributed by atoms with Crippen LogP contribution in [0, 0.1) is 0 Å². The number of hydrogen-bond acceptors (Lipinski definition) is 5. The summed E-state index contributed by atoms with van der Waals surface area (Å²) in [7, 11) is 3.18. The summed E-state index contributed by atoms with van der Waals surface area (Å²) < 4.78 is 0. The lowest BCUT2D eigenvalue weighted by molar-refractivity contribution is 0.270. The number of fused-ring (bicyclic) bond motifs is 1. The fourth-order valence-electron chi connectivity index (χ4n) is 2.85. The number of pyridine rings is 1. The second kappa shape index (κ2) is 8.08. The van der Waals surface area contributed by atoms with Crippen molar-refractivity contribution in [1.82, 2.24) is 14.8 Å². The minimum Gasteiger partial charge on any atom is -0.506 e. The molecule has 0 spiro atoms. The first-order chi connectivity index (χ1) is 10.7. The topological polar surface area (TPSA) is 59.8 Å². The van der Waals surface area contributed by atoms with Gasteiger partial charge in [0.25, 0.3) is 0 Å². The number of aliphatic hydroxyl groups is 1. The number of benzene rings is 1. The van der Waals surface area contributed by atoms with Crippen molar-refractivity contribution in [2.24, 2.45) is 0 Å². The van der Waals surface area contributed by atoms with Gasteiger partial charge in [-0.1, -0.05) is 12.1 Å². The molecule has 120 valence electrons. The summed E-state index contributed by atoms with van der Waals surface area (Å²) in [6.45, 7) is 5.45. The van der Waals surface area contributed by atoms with Gasteiger partial charge in [0.1, 0.15) is 11.3 Å². The zero-order valence-corrected chi connectivity index (χ0v) is 13.4. The largest absolute Gasteiger partial charge is 0.506 e. The molecular weight excluding hydrogens is 278 g/mol. The second-order valence-electron chi connectivity index (χ2n) is 5.58. The van der Waals surface area contributed by atoms with E-state index in [1.54, 1.807) is 12.3 Å². The Balaban J connectivity index is 0.000000847. The SMILES string of the molecule is CN1CCCN(Cc2ccc(O)c3ncccc23)CC1.CO. The lowest BCUT2D eigenvalue weighted by atomic mass is 10.1. The molecule has 0 unspecified atom stereocenters. The maximum Gasteiger partial charge on any atom is 0.141 e. The third kappa shape index (κ3) is 3.94. The van der Waals surface area contributed by atoms with E-state index in [1.807, 2.05) is 18.2 Å². The van der Waals surface area contributed by atoms with Crippen LogP contribution in [0.1, 0.15) is 12.0 Å². The van der Waals surface area contributed by atoms with E-state index in [4.69, 9.17) is 5.11 Å². The molecule has 5 heteroatoms. The Labute approximate surface area is 131 Å². The lowest BCUT2D eigenvalue weighted by Gasteiger charge is -2.21. The van der Waals surface area contributed by atoms with E-state index < -0.39 is 0 Å². The lowest BCUT2D eigenvalue weighted by Crippen LogP contribution is -2.28. The Kier molecular flexibility index (Phi) is 6.12. The summed E-state index contributed by atoms with van der Waals surface area (Å²) in [6.07, 6.45) is 2.94. The highest BCUT2D eigenvalue weighted by atomic mass is 16.3. The van der Waals surface area contributed by atoms with Crippen LogP contribution in [-0.2, 0) is 6.54 Å². The van der Waals surface area contributed by atoms with Crippen LogP contribution in [0.15, 0.2) is 30.5 Å². The van der Waals surface area contributed by atoms with Crippen molar-refractivity contribution < 1.29 is 10.2 Å². The van der Waals surface area contributed by atoms with Gasteiger partial charge in [0.2, 0.25) is 0 Å². The van der Waals surface area contributed by atoms with Crippen molar-refractivity contribution in [1.29, 1.82) is 0 Å². The van der Waals surface area contributed by atoms with E-state index in [9.17, 15) is 5.11 Å². The highest BCUT2D eigenvalue weighted by Gasteiger charge is 2.14. The molecule has 1 aliphatic rings. The molecule has 0 amide bonds. The van der Waals surface area contributed by atoms with Gasteiger partial charge in [0.15, 0.2) is 0 Å². The number of phenols is 1. The zero-order chi connectivity index (χ0) is 15.9. The third-order valence-electron chi connectivity index (χ3n) is 4.04. The van der Waals surface area contributed by atoms with E-state index in [0.717, 1.165) is 38.7 Å². The number of likely N-dealkylation sites (N-methyl/N-ethyl adjacent to an activating group) is 1. The average Bonchev–Trinajstić information content (AvgIpc) is 2.77. The first-order valence-corrected chi connectivity index (χ1v) is 7.65. The monoisotopic (exact) mass is 303 g/mol. The average molecular weight is 303 g/mol. The fourth-order valence-corrected chi connectivity index (χ4v) is 2.85. The molecule has 1 fully saturated rings. The van der Waals surface area contributed by atoms with Gasteiger partial charge >= 0.3 is 0 Å². The van der Waals surface area contributed by atoms with Crippen LogP contribution in [0.25, 0.3) is 10.9 Å². The van der Waals surface area contributed by atoms with E-state index >= 15 is 0 Å². The van der Waals surface area contributed by atoms with Gasteiger partial charge < -0.3 is 15.1 Å². The second-order valence-corrected chi connectivity index (χ2v) is 5.58. The molecule has 2 heterocycles. The molecule has 1 saturated heterocycles. The third-order valence-corrected chi connectivity index (χ3v) is 4.04. The Morgan fingerprint density at radius 2 is 1.91 bits per heavy atom. The van der Waals surface area contributed by atoms with Gasteiger partial charge in [-0.3, -0.25) is 9.88 Å². The van der Waals surface area contributed by atoms with Crippen molar-refractivity contribution in [3.63, 3.8) is 0 Å².